The molecule has 0 heterocycles. The van der Waals surface area contributed by atoms with Crippen molar-refractivity contribution in [3.63, 3.8) is 0 Å². The van der Waals surface area contributed by atoms with Crippen LogP contribution in [0, 0.1) is 0 Å². The van der Waals surface area contributed by atoms with Gasteiger partial charge in [0.25, 0.3) is 0 Å². The Morgan fingerprint density at radius 2 is 0.667 bits per heavy atom. The first-order valence-electron chi connectivity index (χ1n) is 31.5. The molecule has 410 valence electrons. The molecule has 0 aromatic carbocycles. The number of esters is 1. The molecule has 6 heteroatoms. The Morgan fingerprint density at radius 1 is 0.391 bits per heavy atom. The highest BCUT2D eigenvalue weighted by atomic mass is 16.5. The van der Waals surface area contributed by atoms with Gasteiger partial charge in [0.2, 0.25) is 5.91 Å². The van der Waals surface area contributed by atoms with E-state index >= 15 is 0 Å². The minimum atomic E-state index is -0.841. The van der Waals surface area contributed by atoms with E-state index in [4.69, 9.17) is 4.74 Å². The monoisotopic (exact) mass is 974 g/mol. The zero-order valence-electron chi connectivity index (χ0n) is 46.8. The van der Waals surface area contributed by atoms with E-state index in [2.05, 4.69) is 19.2 Å². The Balaban J connectivity index is 3.35. The summed E-state index contributed by atoms with van der Waals surface area (Å²) < 4.78 is 5.48. The third-order valence-corrected chi connectivity index (χ3v) is 14.8. The Labute approximate surface area is 431 Å². The average Bonchev–Trinajstić information content (AvgIpc) is 3.35. The first-order chi connectivity index (χ1) is 34.0. The maximum atomic E-state index is 12.4. The van der Waals surface area contributed by atoms with Gasteiger partial charge < -0.3 is 20.3 Å². The molecule has 2 atom stereocenters. The second-order valence-electron chi connectivity index (χ2n) is 21.8. The van der Waals surface area contributed by atoms with Crippen molar-refractivity contribution < 1.29 is 24.5 Å². The van der Waals surface area contributed by atoms with E-state index < -0.39 is 12.1 Å². The van der Waals surface area contributed by atoms with Gasteiger partial charge in [0, 0.05) is 12.8 Å². The van der Waals surface area contributed by atoms with E-state index in [1.807, 2.05) is 6.08 Å². The van der Waals surface area contributed by atoms with Gasteiger partial charge >= 0.3 is 5.97 Å². The van der Waals surface area contributed by atoms with Crippen LogP contribution in [0.25, 0.3) is 0 Å². The summed E-state index contributed by atoms with van der Waals surface area (Å²) in [5.41, 5.74) is 0. The number of hydrogen-bond donors (Lipinski definition) is 3. The van der Waals surface area contributed by atoms with Crippen molar-refractivity contribution in [2.24, 2.45) is 0 Å². The van der Waals surface area contributed by atoms with E-state index in [0.717, 1.165) is 38.5 Å². The van der Waals surface area contributed by atoms with Gasteiger partial charge in [-0.3, -0.25) is 9.59 Å². The fourth-order valence-corrected chi connectivity index (χ4v) is 9.99. The van der Waals surface area contributed by atoms with Gasteiger partial charge in [0.1, 0.15) is 0 Å². The molecule has 6 nitrogen and oxygen atoms in total. The summed E-state index contributed by atoms with van der Waals surface area (Å²) in [6.07, 6.45) is 71.2. The van der Waals surface area contributed by atoms with Crippen molar-refractivity contribution in [3.8, 4) is 0 Å². The molecule has 0 rings (SSSR count). The lowest BCUT2D eigenvalue weighted by atomic mass is 10.0. The number of rotatable bonds is 59. The van der Waals surface area contributed by atoms with Crippen molar-refractivity contribution in [2.45, 2.75) is 366 Å². The third-order valence-electron chi connectivity index (χ3n) is 14.8. The minimum absolute atomic E-state index is 0.0189. The summed E-state index contributed by atoms with van der Waals surface area (Å²) in [4.78, 5) is 24.5. The van der Waals surface area contributed by atoms with E-state index in [0.29, 0.717) is 19.4 Å². The SMILES string of the molecule is CCCCCCCCCCCCC/C=C/C(O)C(CO)NC(=O)CCCCCCCCCCCCCCCCCCCCCCCCCCCCOC(=O)CCCCCCCCCCCCCCC. The summed E-state index contributed by atoms with van der Waals surface area (Å²) in [6, 6.07) is -0.624. The molecule has 0 aromatic rings. The van der Waals surface area contributed by atoms with Crippen LogP contribution < -0.4 is 5.32 Å². The Kier molecular flexibility index (Phi) is 58.0. The van der Waals surface area contributed by atoms with E-state index in [9.17, 15) is 19.8 Å². The molecule has 0 radical (unpaired) electrons. The average molecular weight is 975 g/mol. The fourth-order valence-electron chi connectivity index (χ4n) is 9.99. The largest absolute Gasteiger partial charge is 0.466 e. The van der Waals surface area contributed by atoms with Crippen LogP contribution in [0.4, 0.5) is 0 Å². The molecule has 0 bridgehead atoms. The van der Waals surface area contributed by atoms with Crippen molar-refractivity contribution in [1.82, 2.24) is 5.32 Å². The van der Waals surface area contributed by atoms with E-state index in [-0.39, 0.29) is 18.5 Å². The predicted octanol–water partition coefficient (Wildman–Crippen LogP) is 19.6. The molecule has 0 spiro atoms. The maximum absolute atomic E-state index is 12.4. The number of ether oxygens (including phenoxy) is 1. The zero-order valence-corrected chi connectivity index (χ0v) is 46.8. The number of unbranched alkanes of at least 4 members (excludes halogenated alkanes) is 48. The number of carbonyl (C=O) groups is 2. The highest BCUT2D eigenvalue weighted by molar-refractivity contribution is 5.76. The minimum Gasteiger partial charge on any atom is -0.466 e. The summed E-state index contributed by atoms with van der Waals surface area (Å²) >= 11 is 0. The number of aliphatic hydroxyl groups excluding tert-OH is 2. The maximum Gasteiger partial charge on any atom is 0.305 e. The Hall–Kier alpha value is -1.40. The Morgan fingerprint density at radius 3 is 0.986 bits per heavy atom. The van der Waals surface area contributed by atoms with Crippen LogP contribution in [0.1, 0.15) is 354 Å². The number of aliphatic hydroxyl groups is 2. The van der Waals surface area contributed by atoms with E-state index in [1.165, 1.54) is 289 Å². The molecule has 2 unspecified atom stereocenters. The molecule has 0 aliphatic rings. The van der Waals surface area contributed by atoms with Crippen LogP contribution in [0.2, 0.25) is 0 Å². The molecule has 0 saturated carbocycles. The molecule has 3 N–H and O–H groups in total. The van der Waals surface area contributed by atoms with Gasteiger partial charge in [0.05, 0.1) is 25.4 Å². The third kappa shape index (κ3) is 55.8. The second-order valence-corrected chi connectivity index (χ2v) is 21.8. The second kappa shape index (κ2) is 59.2. The van der Waals surface area contributed by atoms with Crippen molar-refractivity contribution in [2.75, 3.05) is 13.2 Å². The van der Waals surface area contributed by atoms with Crippen LogP contribution in [0.15, 0.2) is 12.2 Å². The number of hydrogen-bond acceptors (Lipinski definition) is 5. The molecule has 0 aliphatic carbocycles. The van der Waals surface area contributed by atoms with Gasteiger partial charge in [-0.05, 0) is 32.1 Å². The first-order valence-corrected chi connectivity index (χ1v) is 31.5. The molecular weight excluding hydrogens is 851 g/mol. The van der Waals surface area contributed by atoms with Gasteiger partial charge in [-0.2, -0.15) is 0 Å². The fraction of sp³-hybridized carbons (Fsp3) is 0.937. The summed E-state index contributed by atoms with van der Waals surface area (Å²) in [6.45, 7) is 4.93. The summed E-state index contributed by atoms with van der Waals surface area (Å²) in [5, 5.41) is 23.1. The zero-order chi connectivity index (χ0) is 50.0. The molecule has 69 heavy (non-hydrogen) atoms. The number of carbonyl (C=O) groups excluding carboxylic acids is 2. The molecule has 0 fully saturated rings. The van der Waals surface area contributed by atoms with Crippen molar-refractivity contribution in [3.05, 3.63) is 12.2 Å². The van der Waals surface area contributed by atoms with Crippen LogP contribution in [0.3, 0.4) is 0 Å². The first kappa shape index (κ1) is 67.6. The highest BCUT2D eigenvalue weighted by Gasteiger charge is 2.18. The normalized spacial score (nSPS) is 12.6. The smallest absolute Gasteiger partial charge is 0.305 e. The van der Waals surface area contributed by atoms with Crippen LogP contribution in [0.5, 0.6) is 0 Å². The van der Waals surface area contributed by atoms with Crippen molar-refractivity contribution in [1.29, 1.82) is 0 Å². The summed E-state index contributed by atoms with van der Waals surface area (Å²) in [7, 11) is 0. The lowest BCUT2D eigenvalue weighted by Crippen LogP contribution is -2.45. The molecular formula is C63H123NO5. The Bertz CT molecular complexity index is 1030. The number of nitrogens with one attached hydrogen (secondary N) is 1. The van der Waals surface area contributed by atoms with Gasteiger partial charge in [-0.15, -0.1) is 0 Å². The lowest BCUT2D eigenvalue weighted by Gasteiger charge is -2.20. The van der Waals surface area contributed by atoms with Crippen LogP contribution in [-0.2, 0) is 14.3 Å². The van der Waals surface area contributed by atoms with Crippen LogP contribution in [-0.4, -0.2) is 47.4 Å². The van der Waals surface area contributed by atoms with Crippen molar-refractivity contribution >= 4 is 11.9 Å². The molecule has 0 saturated heterocycles. The predicted molar refractivity (Wildman–Crippen MR) is 301 cm³/mol. The summed E-state index contributed by atoms with van der Waals surface area (Å²) in [5.74, 6) is -0.0453. The standard InChI is InChI=1S/C63H123NO5/c1-3-5-7-9-11-13-15-31-35-39-43-47-51-55-61(66)60(59-65)64-62(67)56-52-48-44-40-36-33-29-27-25-23-21-19-17-18-20-22-24-26-28-30-34-38-42-46-50-54-58-69-63(68)57-53-49-45-41-37-32-16-14-12-10-8-6-4-2/h51,55,60-61,65-66H,3-50,52-54,56-59H2,1-2H3,(H,64,67)/b55-51+. The number of allylic oxidation sites excluding steroid dienone is 1. The molecule has 0 aromatic heterocycles. The quantitative estimate of drug-likeness (QED) is 0.0321. The van der Waals surface area contributed by atoms with Gasteiger partial charge in [0.15, 0.2) is 0 Å². The van der Waals surface area contributed by atoms with Crippen LogP contribution >= 0.6 is 0 Å². The topological polar surface area (TPSA) is 95.9 Å². The molecule has 0 aliphatic heterocycles. The van der Waals surface area contributed by atoms with Gasteiger partial charge in [-0.1, -0.05) is 321 Å². The van der Waals surface area contributed by atoms with E-state index in [1.54, 1.807) is 6.08 Å². The van der Waals surface area contributed by atoms with Gasteiger partial charge in [-0.25, -0.2) is 0 Å². The lowest BCUT2D eigenvalue weighted by molar-refractivity contribution is -0.143. The highest BCUT2D eigenvalue weighted by Crippen LogP contribution is 2.18. The number of amides is 1. The molecule has 1 amide bonds.